The van der Waals surface area contributed by atoms with Crippen molar-refractivity contribution in [3.63, 3.8) is 0 Å². The highest BCUT2D eigenvalue weighted by atomic mass is 16.5. The molecule has 0 saturated carbocycles. The summed E-state index contributed by atoms with van der Waals surface area (Å²) >= 11 is 0. The predicted octanol–water partition coefficient (Wildman–Crippen LogP) is 3.21. The number of rotatable bonds is 5. The van der Waals surface area contributed by atoms with Gasteiger partial charge in [0, 0.05) is 37.1 Å². The highest BCUT2D eigenvalue weighted by molar-refractivity contribution is 6.08. The number of aromatic hydroxyl groups is 1. The molecule has 0 atom stereocenters. The fraction of sp³-hybridized carbons (Fsp3) is 0.318. The number of nitrogens with zero attached hydrogens (tertiary/aromatic N) is 1. The summed E-state index contributed by atoms with van der Waals surface area (Å²) in [4.78, 5) is 15.2. The van der Waals surface area contributed by atoms with Crippen molar-refractivity contribution in [1.29, 1.82) is 0 Å². The van der Waals surface area contributed by atoms with Crippen LogP contribution in [0.5, 0.6) is 5.75 Å². The number of ether oxygens (including phenoxy) is 1. The minimum absolute atomic E-state index is 0.178. The minimum Gasteiger partial charge on any atom is -0.508 e. The van der Waals surface area contributed by atoms with Gasteiger partial charge < -0.3 is 19.6 Å². The zero-order valence-corrected chi connectivity index (χ0v) is 15.9. The topological polar surface area (TPSA) is 74.9 Å². The first-order valence-electron chi connectivity index (χ1n) is 9.49. The van der Waals surface area contributed by atoms with E-state index in [0.29, 0.717) is 48.6 Å². The number of phenolic OH excluding ortho intramolecular Hbond substituents is 1. The second-order valence-electron chi connectivity index (χ2n) is 7.03. The lowest BCUT2D eigenvalue weighted by Gasteiger charge is -2.27. The van der Waals surface area contributed by atoms with E-state index < -0.39 is 0 Å². The Bertz CT molecular complexity index is 975. The van der Waals surface area contributed by atoms with Crippen LogP contribution in [0.15, 0.2) is 46.9 Å². The van der Waals surface area contributed by atoms with Gasteiger partial charge in [0.25, 0.3) is 5.91 Å². The van der Waals surface area contributed by atoms with Crippen LogP contribution < -0.4 is 5.32 Å². The Kier molecular flexibility index (Phi) is 5.32. The summed E-state index contributed by atoms with van der Waals surface area (Å²) in [6.07, 6.45) is 0. The quantitative estimate of drug-likeness (QED) is 0.711. The van der Waals surface area contributed by atoms with Gasteiger partial charge in [-0.2, -0.15) is 0 Å². The number of phenols is 1. The Hall–Kier alpha value is -2.83. The Morgan fingerprint density at radius 3 is 2.64 bits per heavy atom. The summed E-state index contributed by atoms with van der Waals surface area (Å²) in [5, 5.41) is 14.2. The lowest BCUT2D eigenvalue weighted by molar-refractivity contribution is 0.0340. The number of furan rings is 1. The molecule has 2 heterocycles. The number of aryl methyl sites for hydroxylation is 1. The summed E-state index contributed by atoms with van der Waals surface area (Å²) < 4.78 is 11.3. The Morgan fingerprint density at radius 1 is 1.14 bits per heavy atom. The number of nitrogens with one attached hydrogen (secondary N) is 1. The highest BCUT2D eigenvalue weighted by Gasteiger charge is 2.24. The minimum atomic E-state index is -0.200. The van der Waals surface area contributed by atoms with Crippen molar-refractivity contribution in [2.24, 2.45) is 0 Å². The van der Waals surface area contributed by atoms with Gasteiger partial charge in [-0.05, 0) is 24.6 Å². The molecule has 0 aliphatic carbocycles. The molecule has 0 radical (unpaired) electrons. The molecule has 6 heteroatoms. The third-order valence-corrected chi connectivity index (χ3v) is 5.12. The molecular weight excluding hydrogens is 356 g/mol. The van der Waals surface area contributed by atoms with Crippen LogP contribution in [0.25, 0.3) is 11.0 Å². The van der Waals surface area contributed by atoms with Crippen molar-refractivity contribution in [2.75, 3.05) is 26.3 Å². The maximum Gasteiger partial charge on any atom is 0.255 e. The second-order valence-corrected chi connectivity index (χ2v) is 7.03. The van der Waals surface area contributed by atoms with E-state index in [9.17, 15) is 9.90 Å². The van der Waals surface area contributed by atoms with Crippen molar-refractivity contribution < 1.29 is 19.1 Å². The van der Waals surface area contributed by atoms with E-state index in [4.69, 9.17) is 9.15 Å². The highest BCUT2D eigenvalue weighted by Crippen LogP contribution is 2.34. The monoisotopic (exact) mass is 380 g/mol. The molecule has 4 rings (SSSR count). The van der Waals surface area contributed by atoms with Crippen LogP contribution in [0.2, 0.25) is 0 Å². The van der Waals surface area contributed by atoms with Crippen LogP contribution in [-0.2, 0) is 17.8 Å². The van der Waals surface area contributed by atoms with Crippen LogP contribution in [0, 0.1) is 6.92 Å². The second kappa shape index (κ2) is 8.04. The van der Waals surface area contributed by atoms with Crippen LogP contribution in [0.3, 0.4) is 0 Å². The number of hydrogen-bond donors (Lipinski definition) is 2. The number of carbonyl (C=O) groups excluding carboxylic acids is 1. The lowest BCUT2D eigenvalue weighted by atomic mass is 10.0. The SMILES string of the molecule is Cc1oc2ccc(O)c(CN3CCOCC3)c2c1C(=O)NCc1ccccc1. The largest absolute Gasteiger partial charge is 0.508 e. The molecule has 1 fully saturated rings. The summed E-state index contributed by atoms with van der Waals surface area (Å²) in [7, 11) is 0. The molecular formula is C22H24N2O4. The molecule has 0 unspecified atom stereocenters. The normalized spacial score (nSPS) is 15.0. The van der Waals surface area contributed by atoms with Crippen molar-refractivity contribution in [3.05, 3.63) is 64.9 Å². The molecule has 6 nitrogen and oxygen atoms in total. The van der Waals surface area contributed by atoms with Crippen LogP contribution in [0.1, 0.15) is 27.2 Å². The summed E-state index contributed by atoms with van der Waals surface area (Å²) in [5.74, 6) is 0.528. The third kappa shape index (κ3) is 3.74. The van der Waals surface area contributed by atoms with Gasteiger partial charge in [0.15, 0.2) is 0 Å². The van der Waals surface area contributed by atoms with E-state index in [-0.39, 0.29) is 11.7 Å². The van der Waals surface area contributed by atoms with Crippen molar-refractivity contribution >= 4 is 16.9 Å². The van der Waals surface area contributed by atoms with E-state index in [2.05, 4.69) is 10.2 Å². The first-order chi connectivity index (χ1) is 13.6. The maximum atomic E-state index is 13.0. The lowest BCUT2D eigenvalue weighted by Crippen LogP contribution is -2.35. The Labute approximate surface area is 163 Å². The van der Waals surface area contributed by atoms with Gasteiger partial charge in [-0.25, -0.2) is 0 Å². The van der Waals surface area contributed by atoms with E-state index in [1.807, 2.05) is 30.3 Å². The van der Waals surface area contributed by atoms with Gasteiger partial charge in [-0.15, -0.1) is 0 Å². The molecule has 2 aromatic carbocycles. The van der Waals surface area contributed by atoms with Crippen LogP contribution >= 0.6 is 0 Å². The van der Waals surface area contributed by atoms with Crippen molar-refractivity contribution in [3.8, 4) is 5.75 Å². The van der Waals surface area contributed by atoms with Crippen LogP contribution in [0.4, 0.5) is 0 Å². The average molecular weight is 380 g/mol. The van der Waals surface area contributed by atoms with Gasteiger partial charge in [-0.3, -0.25) is 9.69 Å². The van der Waals surface area contributed by atoms with Gasteiger partial charge in [0.2, 0.25) is 0 Å². The number of fused-ring (bicyclic) bond motifs is 1. The fourth-order valence-corrected chi connectivity index (χ4v) is 3.65. The zero-order chi connectivity index (χ0) is 19.5. The Balaban J connectivity index is 1.66. The summed E-state index contributed by atoms with van der Waals surface area (Å²) in [6, 6.07) is 13.1. The zero-order valence-electron chi connectivity index (χ0n) is 15.9. The van der Waals surface area contributed by atoms with Gasteiger partial charge in [0.05, 0.1) is 18.8 Å². The number of benzene rings is 2. The summed E-state index contributed by atoms with van der Waals surface area (Å²) in [5.41, 5.74) is 2.85. The van der Waals surface area contributed by atoms with E-state index in [0.717, 1.165) is 24.2 Å². The molecule has 1 aliphatic rings. The third-order valence-electron chi connectivity index (χ3n) is 5.12. The molecule has 3 aromatic rings. The number of morpholine rings is 1. The molecule has 2 N–H and O–H groups in total. The molecule has 28 heavy (non-hydrogen) atoms. The standard InChI is InChI=1S/C22H24N2O4/c1-15-20(22(26)23-13-16-5-3-2-4-6-16)21-17(14-24-9-11-27-12-10-24)18(25)7-8-19(21)28-15/h2-8,25H,9-14H2,1H3,(H,23,26). The van der Waals surface area contributed by atoms with E-state index in [1.54, 1.807) is 19.1 Å². The molecule has 1 amide bonds. The fourth-order valence-electron chi connectivity index (χ4n) is 3.65. The maximum absolute atomic E-state index is 13.0. The predicted molar refractivity (Wildman–Crippen MR) is 106 cm³/mol. The van der Waals surface area contributed by atoms with Gasteiger partial charge in [0.1, 0.15) is 17.1 Å². The molecule has 0 spiro atoms. The van der Waals surface area contributed by atoms with Gasteiger partial charge in [-0.1, -0.05) is 30.3 Å². The first-order valence-corrected chi connectivity index (χ1v) is 9.49. The summed E-state index contributed by atoms with van der Waals surface area (Å²) in [6.45, 7) is 5.70. The number of hydrogen-bond acceptors (Lipinski definition) is 5. The van der Waals surface area contributed by atoms with Crippen molar-refractivity contribution in [2.45, 2.75) is 20.0 Å². The smallest absolute Gasteiger partial charge is 0.255 e. The first kappa shape index (κ1) is 18.5. The molecule has 0 bridgehead atoms. The number of carbonyl (C=O) groups is 1. The van der Waals surface area contributed by atoms with E-state index >= 15 is 0 Å². The van der Waals surface area contributed by atoms with E-state index in [1.165, 1.54) is 0 Å². The molecule has 1 saturated heterocycles. The Morgan fingerprint density at radius 2 is 1.89 bits per heavy atom. The molecule has 146 valence electrons. The van der Waals surface area contributed by atoms with Crippen molar-refractivity contribution in [1.82, 2.24) is 10.2 Å². The van der Waals surface area contributed by atoms with Gasteiger partial charge >= 0.3 is 0 Å². The number of amides is 1. The molecule has 1 aliphatic heterocycles. The molecule has 1 aromatic heterocycles. The van der Waals surface area contributed by atoms with Crippen LogP contribution in [-0.4, -0.2) is 42.2 Å². The average Bonchev–Trinajstić information content (AvgIpc) is 3.06.